The molecule has 0 aromatic heterocycles. The summed E-state index contributed by atoms with van der Waals surface area (Å²) < 4.78 is 62.9. The smallest absolute Gasteiger partial charge is 0.298 e. The van der Waals surface area contributed by atoms with Crippen LogP contribution in [-0.4, -0.2) is 36.2 Å². The van der Waals surface area contributed by atoms with Crippen molar-refractivity contribution in [2.75, 3.05) is 0 Å². The third-order valence-corrected chi connectivity index (χ3v) is 4.35. The zero-order chi connectivity index (χ0) is 15.3. The van der Waals surface area contributed by atoms with Crippen LogP contribution in [0.1, 0.15) is 0 Å². The summed E-state index contributed by atoms with van der Waals surface area (Å²) in [5.74, 6) is -1.69. The highest BCUT2D eigenvalue weighted by molar-refractivity contribution is 7.87. The summed E-state index contributed by atoms with van der Waals surface area (Å²) in [5, 5.41) is 18.7. The first-order valence-corrected chi connectivity index (χ1v) is 7.83. The third kappa shape index (κ3) is 2.41. The number of aromatic hydroxyl groups is 2. The minimum atomic E-state index is -5.00. The van der Waals surface area contributed by atoms with Gasteiger partial charge in [0.25, 0.3) is 20.2 Å². The van der Waals surface area contributed by atoms with Crippen molar-refractivity contribution in [2.45, 2.75) is 9.79 Å². The number of hydrogen-bond donors (Lipinski definition) is 4. The van der Waals surface area contributed by atoms with Crippen LogP contribution in [0.2, 0.25) is 0 Å². The van der Waals surface area contributed by atoms with E-state index in [-0.39, 0.29) is 16.5 Å². The van der Waals surface area contributed by atoms with Gasteiger partial charge in [-0.05, 0) is 23.6 Å². The summed E-state index contributed by atoms with van der Waals surface area (Å²) in [5.41, 5.74) is 0. The lowest BCUT2D eigenvalue weighted by Gasteiger charge is -2.10. The maximum absolute atomic E-state index is 11.3. The Labute approximate surface area is 113 Å². The normalized spacial score (nSPS) is 12.7. The van der Waals surface area contributed by atoms with Gasteiger partial charge in [0.1, 0.15) is 15.5 Å². The third-order valence-electron chi connectivity index (χ3n) is 2.55. The zero-order valence-corrected chi connectivity index (χ0v) is 11.2. The van der Waals surface area contributed by atoms with E-state index in [0.717, 1.165) is 24.3 Å². The maximum atomic E-state index is 11.3. The van der Waals surface area contributed by atoms with E-state index in [1.54, 1.807) is 0 Å². The molecule has 0 saturated carbocycles. The minimum absolute atomic E-state index is 0.0270. The van der Waals surface area contributed by atoms with E-state index < -0.39 is 35.8 Å². The van der Waals surface area contributed by atoms with Crippen LogP contribution in [-0.2, 0) is 20.2 Å². The molecule has 0 fully saturated rings. The van der Waals surface area contributed by atoms with Gasteiger partial charge in [0.15, 0.2) is 5.75 Å². The van der Waals surface area contributed by atoms with E-state index >= 15 is 0 Å². The van der Waals surface area contributed by atoms with Crippen LogP contribution in [0.4, 0.5) is 0 Å². The molecule has 8 nitrogen and oxygen atoms in total. The van der Waals surface area contributed by atoms with Crippen LogP contribution < -0.4 is 0 Å². The first-order chi connectivity index (χ1) is 9.01. The summed E-state index contributed by atoms with van der Waals surface area (Å²) in [4.78, 5) is -2.18. The van der Waals surface area contributed by atoms with Crippen molar-refractivity contribution in [2.24, 2.45) is 0 Å². The first kappa shape index (κ1) is 14.5. The van der Waals surface area contributed by atoms with Gasteiger partial charge in [-0.1, -0.05) is 6.07 Å². The number of phenols is 2. The van der Waals surface area contributed by atoms with Gasteiger partial charge < -0.3 is 10.2 Å². The van der Waals surface area contributed by atoms with Crippen LogP contribution in [0, 0.1) is 0 Å². The van der Waals surface area contributed by atoms with Crippen molar-refractivity contribution in [1.82, 2.24) is 0 Å². The lowest BCUT2D eigenvalue weighted by molar-refractivity contribution is 0.425. The average molecular weight is 320 g/mol. The molecule has 0 unspecified atom stereocenters. The summed E-state index contributed by atoms with van der Waals surface area (Å²) in [6.07, 6.45) is 0. The van der Waals surface area contributed by atoms with Gasteiger partial charge in [0, 0.05) is 5.39 Å². The zero-order valence-electron chi connectivity index (χ0n) is 9.55. The molecule has 0 amide bonds. The largest absolute Gasteiger partial charge is 0.508 e. The monoisotopic (exact) mass is 320 g/mol. The summed E-state index contributed by atoms with van der Waals surface area (Å²) in [6, 6.07) is 4.04. The fourth-order valence-electron chi connectivity index (χ4n) is 1.77. The molecule has 0 radical (unpaired) electrons. The van der Waals surface area contributed by atoms with Crippen molar-refractivity contribution in [3.63, 3.8) is 0 Å². The van der Waals surface area contributed by atoms with Crippen LogP contribution in [0.5, 0.6) is 11.5 Å². The summed E-state index contributed by atoms with van der Waals surface area (Å²) in [6.45, 7) is 0. The molecule has 108 valence electrons. The van der Waals surface area contributed by atoms with E-state index in [4.69, 9.17) is 9.11 Å². The van der Waals surface area contributed by atoms with Gasteiger partial charge in [0.2, 0.25) is 0 Å². The predicted molar refractivity (Wildman–Crippen MR) is 66.9 cm³/mol. The minimum Gasteiger partial charge on any atom is -0.508 e. The molecule has 10 heteroatoms. The lowest BCUT2D eigenvalue weighted by atomic mass is 10.1. The van der Waals surface area contributed by atoms with Gasteiger partial charge in [-0.3, -0.25) is 9.11 Å². The van der Waals surface area contributed by atoms with Crippen LogP contribution in [0.25, 0.3) is 10.8 Å². The summed E-state index contributed by atoms with van der Waals surface area (Å²) >= 11 is 0. The Kier molecular flexibility index (Phi) is 3.13. The van der Waals surface area contributed by atoms with Crippen molar-refractivity contribution < 1.29 is 36.2 Å². The molecule has 2 rings (SSSR count). The highest BCUT2D eigenvalue weighted by Gasteiger charge is 2.27. The Morgan fingerprint density at radius 2 is 1.45 bits per heavy atom. The molecule has 0 atom stereocenters. The molecular weight excluding hydrogens is 312 g/mol. The Morgan fingerprint density at radius 3 is 1.95 bits per heavy atom. The highest BCUT2D eigenvalue weighted by Crippen LogP contribution is 2.38. The van der Waals surface area contributed by atoms with Gasteiger partial charge in [-0.25, -0.2) is 0 Å². The molecule has 20 heavy (non-hydrogen) atoms. The molecule has 0 aliphatic carbocycles. The standard InChI is InChI=1S/C10H8O8S2/c11-6-2-1-5-3-8(19(13,14)15)9(12)10(7(5)4-6)20(16,17)18/h1-4,11-12H,(H,13,14,15)(H,16,17,18). The summed E-state index contributed by atoms with van der Waals surface area (Å²) in [7, 11) is -9.90. The van der Waals surface area contributed by atoms with E-state index in [1.165, 1.54) is 0 Å². The average Bonchev–Trinajstić information content (AvgIpc) is 2.24. The van der Waals surface area contributed by atoms with E-state index in [0.29, 0.717) is 0 Å². The van der Waals surface area contributed by atoms with E-state index in [1.807, 2.05) is 0 Å². The van der Waals surface area contributed by atoms with Crippen LogP contribution in [0.15, 0.2) is 34.1 Å². The lowest BCUT2D eigenvalue weighted by Crippen LogP contribution is -2.05. The van der Waals surface area contributed by atoms with E-state index in [2.05, 4.69) is 0 Å². The Bertz CT molecular complexity index is 912. The van der Waals surface area contributed by atoms with Gasteiger partial charge in [-0.15, -0.1) is 0 Å². The fourth-order valence-corrected chi connectivity index (χ4v) is 3.27. The molecule has 0 aliphatic heterocycles. The molecule has 0 saturated heterocycles. The van der Waals surface area contributed by atoms with Gasteiger partial charge in [0.05, 0.1) is 0 Å². The molecule has 0 aliphatic rings. The number of benzene rings is 2. The molecule has 0 bridgehead atoms. The molecule has 0 heterocycles. The predicted octanol–water partition coefficient (Wildman–Crippen LogP) is 0.744. The number of fused-ring (bicyclic) bond motifs is 1. The van der Waals surface area contributed by atoms with Gasteiger partial charge >= 0.3 is 0 Å². The second-order valence-electron chi connectivity index (χ2n) is 3.91. The van der Waals surface area contributed by atoms with Crippen LogP contribution >= 0.6 is 0 Å². The Hall–Kier alpha value is -1.88. The van der Waals surface area contributed by atoms with Crippen molar-refractivity contribution in [1.29, 1.82) is 0 Å². The second kappa shape index (κ2) is 4.31. The van der Waals surface area contributed by atoms with Gasteiger partial charge in [-0.2, -0.15) is 16.8 Å². The quantitative estimate of drug-likeness (QED) is 0.592. The topological polar surface area (TPSA) is 149 Å². The maximum Gasteiger partial charge on any atom is 0.298 e. The molecule has 4 N–H and O–H groups in total. The number of hydrogen-bond acceptors (Lipinski definition) is 6. The molecule has 2 aromatic carbocycles. The first-order valence-electron chi connectivity index (χ1n) is 4.95. The Morgan fingerprint density at radius 1 is 0.850 bits per heavy atom. The molecular formula is C10H8O8S2. The molecule has 0 spiro atoms. The molecule has 2 aromatic rings. The fraction of sp³-hybridized carbons (Fsp3) is 0. The highest BCUT2D eigenvalue weighted by atomic mass is 32.2. The van der Waals surface area contributed by atoms with Crippen molar-refractivity contribution in [3.8, 4) is 11.5 Å². The van der Waals surface area contributed by atoms with E-state index in [9.17, 15) is 27.0 Å². The van der Waals surface area contributed by atoms with Crippen molar-refractivity contribution >= 4 is 31.0 Å². The number of rotatable bonds is 2. The Balaban J connectivity index is 3.13. The second-order valence-corrected chi connectivity index (χ2v) is 6.66. The van der Waals surface area contributed by atoms with Crippen LogP contribution in [0.3, 0.4) is 0 Å². The SMILES string of the molecule is O=S(=O)(O)c1cc2ccc(O)cc2c(S(=O)(=O)O)c1O. The van der Waals surface area contributed by atoms with Crippen molar-refractivity contribution in [3.05, 3.63) is 24.3 Å². The number of phenolic OH excluding ortho intramolecular Hbond substituents is 2.